The van der Waals surface area contributed by atoms with Gasteiger partial charge in [-0.2, -0.15) is 8.61 Å². The highest BCUT2D eigenvalue weighted by Gasteiger charge is 2.34. The summed E-state index contributed by atoms with van der Waals surface area (Å²) in [5, 5.41) is 0.442. The molecule has 0 aromatic heterocycles. The van der Waals surface area contributed by atoms with Crippen LogP contribution in [0.15, 0.2) is 52.3 Å². The van der Waals surface area contributed by atoms with E-state index < -0.39 is 25.9 Å². The third-order valence-electron chi connectivity index (χ3n) is 4.39. The molecule has 1 saturated heterocycles. The lowest BCUT2D eigenvalue weighted by Gasteiger charge is -2.33. The van der Waals surface area contributed by atoms with Gasteiger partial charge >= 0.3 is 0 Å². The summed E-state index contributed by atoms with van der Waals surface area (Å²) in [6, 6.07) is 9.28. The van der Waals surface area contributed by atoms with Crippen LogP contribution in [-0.2, 0) is 20.0 Å². The molecule has 0 amide bonds. The molecule has 0 unspecified atom stereocenters. The minimum atomic E-state index is -3.88. The first-order chi connectivity index (χ1) is 12.6. The van der Waals surface area contributed by atoms with Gasteiger partial charge in [0.2, 0.25) is 20.0 Å². The zero-order chi connectivity index (χ0) is 19.8. The number of aryl methyl sites for hydroxylation is 1. The van der Waals surface area contributed by atoms with E-state index in [0.717, 1.165) is 12.1 Å². The predicted octanol–water partition coefficient (Wildman–Crippen LogP) is 2.48. The maximum Gasteiger partial charge on any atom is 0.243 e. The third-order valence-corrected chi connectivity index (χ3v) is 8.57. The molecule has 3 rings (SSSR count). The largest absolute Gasteiger partial charge is 0.243 e. The molecule has 2 aromatic carbocycles. The Balaban J connectivity index is 1.79. The summed E-state index contributed by atoms with van der Waals surface area (Å²) < 4.78 is 66.8. The molecular weight excluding hydrogens is 415 g/mol. The van der Waals surface area contributed by atoms with Crippen molar-refractivity contribution in [2.24, 2.45) is 0 Å². The first-order valence-corrected chi connectivity index (χ1v) is 11.4. The molecule has 146 valence electrons. The lowest BCUT2D eigenvalue weighted by molar-refractivity contribution is 0.272. The van der Waals surface area contributed by atoms with E-state index in [1.165, 1.54) is 32.9 Å². The maximum atomic E-state index is 13.4. The number of rotatable bonds is 4. The average molecular weight is 433 g/mol. The SMILES string of the molecule is Cc1cc(Cl)ccc1S(=O)(=O)N1CCN(S(=O)(=O)c2cccc(F)c2)CC1. The van der Waals surface area contributed by atoms with Crippen LogP contribution < -0.4 is 0 Å². The predicted molar refractivity (Wildman–Crippen MR) is 100 cm³/mol. The zero-order valence-electron chi connectivity index (χ0n) is 14.5. The van der Waals surface area contributed by atoms with E-state index in [2.05, 4.69) is 0 Å². The number of halogens is 2. The van der Waals surface area contributed by atoms with Crippen molar-refractivity contribution >= 4 is 31.6 Å². The molecule has 0 N–H and O–H groups in total. The molecule has 0 atom stereocenters. The van der Waals surface area contributed by atoms with Gasteiger partial charge in [-0.25, -0.2) is 21.2 Å². The molecule has 1 aliphatic rings. The fraction of sp³-hybridized carbons (Fsp3) is 0.294. The Labute approximate surface area is 163 Å². The Bertz CT molecular complexity index is 1070. The summed E-state index contributed by atoms with van der Waals surface area (Å²) in [5.74, 6) is -0.643. The second-order valence-corrected chi connectivity index (χ2v) is 10.5. The lowest BCUT2D eigenvalue weighted by Crippen LogP contribution is -2.50. The van der Waals surface area contributed by atoms with E-state index in [-0.39, 0.29) is 36.0 Å². The number of hydrogen-bond donors (Lipinski definition) is 0. The van der Waals surface area contributed by atoms with Crippen molar-refractivity contribution in [1.29, 1.82) is 0 Å². The summed E-state index contributed by atoms with van der Waals surface area (Å²) in [4.78, 5) is 0.000639. The first-order valence-electron chi connectivity index (χ1n) is 8.14. The van der Waals surface area contributed by atoms with Crippen molar-refractivity contribution < 1.29 is 21.2 Å². The van der Waals surface area contributed by atoms with Crippen LogP contribution in [0, 0.1) is 12.7 Å². The number of benzene rings is 2. The Morgan fingerprint density at radius 3 is 2.04 bits per heavy atom. The highest BCUT2D eigenvalue weighted by atomic mass is 35.5. The van der Waals surface area contributed by atoms with Gasteiger partial charge in [0.05, 0.1) is 9.79 Å². The molecule has 1 heterocycles. The Kier molecular flexibility index (Phi) is 5.60. The molecule has 1 aliphatic heterocycles. The van der Waals surface area contributed by atoms with E-state index in [1.807, 2.05) is 0 Å². The molecule has 27 heavy (non-hydrogen) atoms. The van der Waals surface area contributed by atoms with E-state index >= 15 is 0 Å². The van der Waals surface area contributed by atoms with Crippen molar-refractivity contribution in [3.05, 3.63) is 58.9 Å². The minimum Gasteiger partial charge on any atom is -0.207 e. The van der Waals surface area contributed by atoms with Crippen LogP contribution in [0.2, 0.25) is 5.02 Å². The summed E-state index contributed by atoms with van der Waals surface area (Å²) in [6.45, 7) is 1.66. The van der Waals surface area contributed by atoms with Crippen LogP contribution >= 0.6 is 11.6 Å². The fourth-order valence-electron chi connectivity index (χ4n) is 2.97. The Morgan fingerprint density at radius 1 is 0.889 bits per heavy atom. The van der Waals surface area contributed by atoms with Gasteiger partial charge in [-0.3, -0.25) is 0 Å². The van der Waals surface area contributed by atoms with Gasteiger partial charge < -0.3 is 0 Å². The van der Waals surface area contributed by atoms with Gasteiger partial charge in [0.1, 0.15) is 5.82 Å². The number of hydrogen-bond acceptors (Lipinski definition) is 4. The summed E-state index contributed by atoms with van der Waals surface area (Å²) in [5.41, 5.74) is 0.525. The van der Waals surface area contributed by atoms with Crippen LogP contribution in [0.4, 0.5) is 4.39 Å². The second kappa shape index (κ2) is 7.48. The molecule has 0 radical (unpaired) electrons. The lowest BCUT2D eigenvalue weighted by atomic mass is 10.2. The number of piperazine rings is 1. The van der Waals surface area contributed by atoms with Gasteiger partial charge in [-0.15, -0.1) is 0 Å². The van der Waals surface area contributed by atoms with Gasteiger partial charge in [-0.05, 0) is 48.9 Å². The Morgan fingerprint density at radius 2 is 1.48 bits per heavy atom. The molecule has 0 spiro atoms. The van der Waals surface area contributed by atoms with Crippen molar-refractivity contribution in [3.63, 3.8) is 0 Å². The number of nitrogens with zero attached hydrogens (tertiary/aromatic N) is 2. The quantitative estimate of drug-likeness (QED) is 0.743. The highest BCUT2D eigenvalue weighted by Crippen LogP contribution is 2.25. The fourth-order valence-corrected chi connectivity index (χ4v) is 6.28. The zero-order valence-corrected chi connectivity index (χ0v) is 16.9. The molecule has 2 aromatic rings. The normalized spacial score (nSPS) is 17.1. The van der Waals surface area contributed by atoms with E-state index in [1.54, 1.807) is 13.0 Å². The second-order valence-electron chi connectivity index (χ2n) is 6.18. The van der Waals surface area contributed by atoms with Crippen molar-refractivity contribution in [2.45, 2.75) is 16.7 Å². The van der Waals surface area contributed by atoms with Crippen molar-refractivity contribution in [3.8, 4) is 0 Å². The first kappa shape index (κ1) is 20.2. The van der Waals surface area contributed by atoms with E-state index in [9.17, 15) is 21.2 Å². The maximum absolute atomic E-state index is 13.4. The molecule has 0 aliphatic carbocycles. The molecular formula is C17H18ClFN2O4S2. The van der Waals surface area contributed by atoms with Crippen molar-refractivity contribution in [2.75, 3.05) is 26.2 Å². The van der Waals surface area contributed by atoms with E-state index in [4.69, 9.17) is 11.6 Å². The molecule has 1 fully saturated rings. The summed E-state index contributed by atoms with van der Waals surface area (Å²) in [7, 11) is -7.63. The highest BCUT2D eigenvalue weighted by molar-refractivity contribution is 7.89. The molecule has 0 bridgehead atoms. The van der Waals surface area contributed by atoms with E-state index in [0.29, 0.717) is 10.6 Å². The van der Waals surface area contributed by atoms with Gasteiger partial charge in [0.15, 0.2) is 0 Å². The Hall–Kier alpha value is -1.52. The van der Waals surface area contributed by atoms with Crippen LogP contribution in [0.1, 0.15) is 5.56 Å². The van der Waals surface area contributed by atoms with Gasteiger partial charge in [0.25, 0.3) is 0 Å². The standard InChI is InChI=1S/C17H18ClFN2O4S2/c1-13-11-14(18)5-6-17(13)27(24,25)21-9-7-20(8-10-21)26(22,23)16-4-2-3-15(19)12-16/h2-6,11-12H,7-10H2,1H3. The van der Waals surface area contributed by atoms with Crippen LogP contribution in [-0.4, -0.2) is 51.6 Å². The topological polar surface area (TPSA) is 74.8 Å². The van der Waals surface area contributed by atoms with Crippen LogP contribution in [0.3, 0.4) is 0 Å². The van der Waals surface area contributed by atoms with Crippen LogP contribution in [0.5, 0.6) is 0 Å². The van der Waals surface area contributed by atoms with Crippen LogP contribution in [0.25, 0.3) is 0 Å². The molecule has 10 heteroatoms. The molecule has 0 saturated carbocycles. The number of sulfonamides is 2. The third kappa shape index (κ3) is 4.02. The van der Waals surface area contributed by atoms with Crippen molar-refractivity contribution in [1.82, 2.24) is 8.61 Å². The summed E-state index contributed by atoms with van der Waals surface area (Å²) in [6.07, 6.45) is 0. The minimum absolute atomic E-state index is 0.00921. The smallest absolute Gasteiger partial charge is 0.207 e. The summed E-state index contributed by atoms with van der Waals surface area (Å²) >= 11 is 5.88. The van der Waals surface area contributed by atoms with Gasteiger partial charge in [-0.1, -0.05) is 17.7 Å². The monoisotopic (exact) mass is 432 g/mol. The average Bonchev–Trinajstić information content (AvgIpc) is 2.61. The van der Waals surface area contributed by atoms with Gasteiger partial charge in [0, 0.05) is 31.2 Å². The molecule has 6 nitrogen and oxygen atoms in total.